The number of aliphatic carboxylic acids is 1. The first-order chi connectivity index (χ1) is 8.13. The van der Waals surface area contributed by atoms with E-state index in [2.05, 4.69) is 5.32 Å². The van der Waals surface area contributed by atoms with Crippen LogP contribution in [-0.4, -0.2) is 54.9 Å². The zero-order chi connectivity index (χ0) is 12.7. The van der Waals surface area contributed by atoms with Gasteiger partial charge in [-0.1, -0.05) is 12.2 Å². The molecule has 1 aliphatic heterocycles. The first-order valence-electron chi connectivity index (χ1n) is 5.56. The van der Waals surface area contributed by atoms with Crippen molar-refractivity contribution in [1.29, 1.82) is 0 Å². The second-order valence-electron chi connectivity index (χ2n) is 3.85. The van der Waals surface area contributed by atoms with Gasteiger partial charge in [-0.2, -0.15) is 0 Å². The van der Waals surface area contributed by atoms with E-state index in [0.29, 0.717) is 13.1 Å². The van der Waals surface area contributed by atoms with Gasteiger partial charge < -0.3 is 20.1 Å². The van der Waals surface area contributed by atoms with Crippen molar-refractivity contribution in [2.45, 2.75) is 18.9 Å². The number of carboxylic acid groups (broad SMARTS) is 1. The van der Waals surface area contributed by atoms with E-state index in [4.69, 9.17) is 9.84 Å². The predicted octanol–water partition coefficient (Wildman–Crippen LogP) is 0.448. The van der Waals surface area contributed by atoms with Crippen molar-refractivity contribution in [3.8, 4) is 0 Å². The lowest BCUT2D eigenvalue weighted by atomic mass is 10.2. The molecule has 0 fully saturated rings. The van der Waals surface area contributed by atoms with Crippen LogP contribution in [-0.2, 0) is 9.53 Å². The van der Waals surface area contributed by atoms with Crippen LogP contribution in [0.5, 0.6) is 0 Å². The van der Waals surface area contributed by atoms with Gasteiger partial charge in [0.15, 0.2) is 0 Å². The third kappa shape index (κ3) is 4.86. The monoisotopic (exact) mass is 242 g/mol. The summed E-state index contributed by atoms with van der Waals surface area (Å²) in [5.41, 5.74) is 0. The van der Waals surface area contributed by atoms with E-state index in [-0.39, 0.29) is 19.0 Å². The van der Waals surface area contributed by atoms with Gasteiger partial charge >= 0.3 is 12.0 Å². The van der Waals surface area contributed by atoms with Crippen LogP contribution in [0, 0.1) is 0 Å². The van der Waals surface area contributed by atoms with Crippen LogP contribution < -0.4 is 5.32 Å². The minimum absolute atomic E-state index is 0.114. The largest absolute Gasteiger partial charge is 0.481 e. The van der Waals surface area contributed by atoms with E-state index in [9.17, 15) is 9.59 Å². The van der Waals surface area contributed by atoms with Crippen LogP contribution in [0.1, 0.15) is 12.8 Å². The van der Waals surface area contributed by atoms with Crippen molar-refractivity contribution >= 4 is 12.0 Å². The fourth-order valence-electron chi connectivity index (χ4n) is 1.57. The quantitative estimate of drug-likeness (QED) is 0.686. The van der Waals surface area contributed by atoms with Crippen LogP contribution in [0.2, 0.25) is 0 Å². The van der Waals surface area contributed by atoms with Gasteiger partial charge in [-0.05, 0) is 6.42 Å². The van der Waals surface area contributed by atoms with Crippen molar-refractivity contribution in [3.05, 3.63) is 12.2 Å². The van der Waals surface area contributed by atoms with Gasteiger partial charge in [-0.25, -0.2) is 4.79 Å². The Hall–Kier alpha value is -1.56. The smallest absolute Gasteiger partial charge is 0.317 e. The van der Waals surface area contributed by atoms with E-state index in [1.807, 2.05) is 12.2 Å². The van der Waals surface area contributed by atoms with Crippen molar-refractivity contribution in [2.75, 3.05) is 26.7 Å². The number of carbonyl (C=O) groups excluding carboxylic acids is 1. The molecule has 0 saturated heterocycles. The van der Waals surface area contributed by atoms with Crippen molar-refractivity contribution in [2.24, 2.45) is 0 Å². The summed E-state index contributed by atoms with van der Waals surface area (Å²) in [4.78, 5) is 23.9. The standard InChI is InChI=1S/C11H18N2O4/c1-17-9(7-10(14)15)8-12-11(16)13-5-3-2-4-6-13/h2-3,9H,4-8H2,1H3,(H,12,16)(H,14,15). The number of hydrogen-bond donors (Lipinski definition) is 2. The number of nitrogens with zero attached hydrogens (tertiary/aromatic N) is 1. The van der Waals surface area contributed by atoms with Crippen LogP contribution in [0.15, 0.2) is 12.2 Å². The minimum Gasteiger partial charge on any atom is -0.481 e. The lowest BCUT2D eigenvalue weighted by Crippen LogP contribution is -2.44. The maximum absolute atomic E-state index is 11.7. The molecular formula is C11H18N2O4. The predicted molar refractivity (Wildman–Crippen MR) is 61.8 cm³/mol. The summed E-state index contributed by atoms with van der Waals surface area (Å²) in [6.45, 7) is 1.50. The molecular weight excluding hydrogens is 224 g/mol. The topological polar surface area (TPSA) is 78.9 Å². The molecule has 1 atom stereocenters. The SMILES string of the molecule is COC(CNC(=O)N1CC=CCC1)CC(=O)O. The zero-order valence-corrected chi connectivity index (χ0v) is 9.89. The average Bonchev–Trinajstić information content (AvgIpc) is 2.34. The molecule has 2 N–H and O–H groups in total. The highest BCUT2D eigenvalue weighted by Gasteiger charge is 2.17. The van der Waals surface area contributed by atoms with Crippen molar-refractivity contribution < 1.29 is 19.4 Å². The lowest BCUT2D eigenvalue weighted by molar-refractivity contribution is -0.139. The van der Waals surface area contributed by atoms with Gasteiger partial charge in [-0.3, -0.25) is 4.79 Å². The minimum atomic E-state index is -0.938. The van der Waals surface area contributed by atoms with Gasteiger partial charge in [0.25, 0.3) is 0 Å². The van der Waals surface area contributed by atoms with Gasteiger partial charge in [0.2, 0.25) is 0 Å². The Morgan fingerprint density at radius 2 is 2.29 bits per heavy atom. The second-order valence-corrected chi connectivity index (χ2v) is 3.85. The molecule has 0 bridgehead atoms. The first-order valence-corrected chi connectivity index (χ1v) is 5.56. The molecule has 0 aromatic rings. The Balaban J connectivity index is 2.30. The number of carboxylic acids is 1. The van der Waals surface area contributed by atoms with Crippen LogP contribution in [0.3, 0.4) is 0 Å². The Bertz CT molecular complexity index is 304. The number of hydrogen-bond acceptors (Lipinski definition) is 3. The molecule has 96 valence electrons. The second kappa shape index (κ2) is 6.90. The summed E-state index contributed by atoms with van der Waals surface area (Å²) in [5, 5.41) is 11.3. The van der Waals surface area contributed by atoms with E-state index in [1.165, 1.54) is 7.11 Å². The molecule has 0 aliphatic carbocycles. The molecule has 0 aromatic heterocycles. The number of methoxy groups -OCH3 is 1. The summed E-state index contributed by atoms with van der Waals surface area (Å²) in [5.74, 6) is -0.938. The van der Waals surface area contributed by atoms with Gasteiger partial charge in [-0.15, -0.1) is 0 Å². The Morgan fingerprint density at radius 1 is 1.53 bits per heavy atom. The summed E-state index contributed by atoms with van der Waals surface area (Å²) in [6.07, 6.45) is 4.23. The fourth-order valence-corrected chi connectivity index (χ4v) is 1.57. The van der Waals surface area contributed by atoms with Gasteiger partial charge in [0.1, 0.15) is 0 Å². The number of amides is 2. The molecule has 1 aliphatic rings. The maximum atomic E-state index is 11.7. The molecule has 2 amide bonds. The molecule has 0 saturated carbocycles. The van der Waals surface area contributed by atoms with E-state index in [0.717, 1.165) is 6.42 Å². The molecule has 1 heterocycles. The molecule has 17 heavy (non-hydrogen) atoms. The highest BCUT2D eigenvalue weighted by molar-refractivity contribution is 5.74. The molecule has 0 radical (unpaired) electrons. The Kier molecular flexibility index (Phi) is 5.48. The van der Waals surface area contributed by atoms with Crippen LogP contribution >= 0.6 is 0 Å². The zero-order valence-electron chi connectivity index (χ0n) is 9.89. The number of rotatable bonds is 5. The molecule has 1 unspecified atom stereocenters. The van der Waals surface area contributed by atoms with E-state index >= 15 is 0 Å². The number of urea groups is 1. The van der Waals surface area contributed by atoms with E-state index < -0.39 is 12.1 Å². The molecule has 1 rings (SSSR count). The summed E-state index contributed by atoms with van der Waals surface area (Å²) in [6, 6.07) is -0.179. The fraction of sp³-hybridized carbons (Fsp3) is 0.636. The maximum Gasteiger partial charge on any atom is 0.317 e. The van der Waals surface area contributed by atoms with Crippen molar-refractivity contribution in [1.82, 2.24) is 10.2 Å². The average molecular weight is 242 g/mol. The number of carbonyl (C=O) groups is 2. The van der Waals surface area contributed by atoms with E-state index in [1.54, 1.807) is 4.90 Å². The molecule has 0 spiro atoms. The highest BCUT2D eigenvalue weighted by atomic mass is 16.5. The van der Waals surface area contributed by atoms with Gasteiger partial charge in [0, 0.05) is 26.7 Å². The summed E-state index contributed by atoms with van der Waals surface area (Å²) < 4.78 is 4.97. The lowest BCUT2D eigenvalue weighted by Gasteiger charge is -2.24. The Labute approximate surface area is 100 Å². The normalized spacial score (nSPS) is 16.6. The number of ether oxygens (including phenoxy) is 1. The summed E-state index contributed by atoms with van der Waals surface area (Å²) >= 11 is 0. The summed E-state index contributed by atoms with van der Waals surface area (Å²) in [7, 11) is 1.43. The molecule has 0 aromatic carbocycles. The Morgan fingerprint density at radius 3 is 2.82 bits per heavy atom. The molecule has 6 heteroatoms. The van der Waals surface area contributed by atoms with Gasteiger partial charge in [0.05, 0.1) is 12.5 Å². The van der Waals surface area contributed by atoms with Crippen molar-refractivity contribution in [3.63, 3.8) is 0 Å². The third-order valence-electron chi connectivity index (χ3n) is 2.56. The van der Waals surface area contributed by atoms with Crippen LogP contribution in [0.25, 0.3) is 0 Å². The van der Waals surface area contributed by atoms with Crippen LogP contribution in [0.4, 0.5) is 4.79 Å². The first kappa shape index (κ1) is 13.5. The molecule has 6 nitrogen and oxygen atoms in total. The third-order valence-corrected chi connectivity index (χ3v) is 2.56. The highest BCUT2D eigenvalue weighted by Crippen LogP contribution is 2.02. The number of nitrogens with one attached hydrogen (secondary N) is 1.